The zero-order valence-electron chi connectivity index (χ0n) is 13.4. The molecule has 0 saturated carbocycles. The number of rotatable bonds is 4. The zero-order valence-corrected chi connectivity index (χ0v) is 13.4. The number of fused-ring (bicyclic) bond motifs is 1. The Balaban J connectivity index is 2.02. The number of aromatic nitrogens is 2. The topological polar surface area (TPSA) is 70.4 Å². The summed E-state index contributed by atoms with van der Waals surface area (Å²) in [6, 6.07) is 3.39. The van der Waals surface area contributed by atoms with Crippen molar-refractivity contribution < 1.29 is 14.3 Å². The van der Waals surface area contributed by atoms with Crippen molar-refractivity contribution in [2.45, 2.75) is 39.3 Å². The van der Waals surface area contributed by atoms with E-state index >= 15 is 0 Å². The van der Waals surface area contributed by atoms with Crippen molar-refractivity contribution in [1.82, 2.24) is 9.55 Å². The standard InChI is InChI=1S/C17H20N2O4/c1-3-22-17(21)13-9-14-15(18-11(13)2)6-7-19(16(14)20)10-12-5-4-8-23-12/h6-7,9,12H,3-5,8,10H2,1-2H3. The van der Waals surface area contributed by atoms with Crippen LogP contribution >= 0.6 is 0 Å². The molecule has 3 rings (SSSR count). The quantitative estimate of drug-likeness (QED) is 0.808. The maximum atomic E-state index is 12.7. The summed E-state index contributed by atoms with van der Waals surface area (Å²) in [7, 11) is 0. The third kappa shape index (κ3) is 3.12. The van der Waals surface area contributed by atoms with Gasteiger partial charge in [0.2, 0.25) is 0 Å². The van der Waals surface area contributed by atoms with Gasteiger partial charge in [-0.2, -0.15) is 0 Å². The lowest BCUT2D eigenvalue weighted by atomic mass is 10.1. The molecule has 0 aromatic carbocycles. The van der Waals surface area contributed by atoms with Crippen LogP contribution in [0.5, 0.6) is 0 Å². The summed E-state index contributed by atoms with van der Waals surface area (Å²) in [5, 5.41) is 0.430. The van der Waals surface area contributed by atoms with E-state index < -0.39 is 5.97 Å². The first-order valence-corrected chi connectivity index (χ1v) is 7.89. The highest BCUT2D eigenvalue weighted by Gasteiger charge is 2.18. The summed E-state index contributed by atoms with van der Waals surface area (Å²) in [6.07, 6.45) is 3.81. The molecule has 1 saturated heterocycles. The molecule has 0 amide bonds. The number of hydrogen-bond donors (Lipinski definition) is 0. The summed E-state index contributed by atoms with van der Waals surface area (Å²) in [5.74, 6) is -0.451. The minimum atomic E-state index is -0.451. The molecule has 1 fully saturated rings. The molecule has 23 heavy (non-hydrogen) atoms. The number of carbonyl (C=O) groups is 1. The number of nitrogens with zero attached hydrogens (tertiary/aromatic N) is 2. The Morgan fingerprint density at radius 3 is 3.04 bits per heavy atom. The van der Waals surface area contributed by atoms with E-state index in [4.69, 9.17) is 9.47 Å². The van der Waals surface area contributed by atoms with Gasteiger partial charge in [0, 0.05) is 12.8 Å². The summed E-state index contributed by atoms with van der Waals surface area (Å²) < 4.78 is 12.2. The Labute approximate surface area is 134 Å². The van der Waals surface area contributed by atoms with Gasteiger partial charge in [0.25, 0.3) is 5.56 Å². The molecular weight excluding hydrogens is 296 g/mol. The van der Waals surface area contributed by atoms with E-state index in [2.05, 4.69) is 4.98 Å². The van der Waals surface area contributed by atoms with E-state index in [0.717, 1.165) is 19.4 Å². The molecule has 1 atom stereocenters. The Morgan fingerprint density at radius 1 is 1.52 bits per heavy atom. The third-order valence-electron chi connectivity index (χ3n) is 4.07. The largest absolute Gasteiger partial charge is 0.462 e. The maximum Gasteiger partial charge on any atom is 0.339 e. The summed E-state index contributed by atoms with van der Waals surface area (Å²) in [6.45, 7) is 5.05. The van der Waals surface area contributed by atoms with E-state index in [1.165, 1.54) is 0 Å². The normalized spacial score (nSPS) is 17.6. The first-order valence-electron chi connectivity index (χ1n) is 7.89. The van der Waals surface area contributed by atoms with Crippen molar-refractivity contribution in [3.8, 4) is 0 Å². The molecule has 0 spiro atoms. The highest BCUT2D eigenvalue weighted by molar-refractivity contribution is 5.94. The SMILES string of the molecule is CCOC(=O)c1cc2c(=O)n(CC3CCCO3)ccc2nc1C. The van der Waals surface area contributed by atoms with Gasteiger partial charge in [-0.3, -0.25) is 9.78 Å². The fraction of sp³-hybridized carbons (Fsp3) is 0.471. The average Bonchev–Trinajstić information content (AvgIpc) is 3.03. The number of aryl methyl sites for hydroxylation is 1. The van der Waals surface area contributed by atoms with Gasteiger partial charge < -0.3 is 14.0 Å². The predicted octanol–water partition coefficient (Wildman–Crippen LogP) is 2.06. The van der Waals surface area contributed by atoms with E-state index in [1.807, 2.05) is 0 Å². The second-order valence-corrected chi connectivity index (χ2v) is 5.68. The first-order chi connectivity index (χ1) is 11.1. The van der Waals surface area contributed by atoms with Gasteiger partial charge in [-0.25, -0.2) is 4.79 Å². The van der Waals surface area contributed by atoms with Crippen molar-refractivity contribution in [1.29, 1.82) is 0 Å². The van der Waals surface area contributed by atoms with Crippen molar-refractivity contribution in [2.75, 3.05) is 13.2 Å². The van der Waals surface area contributed by atoms with Crippen LogP contribution in [0.2, 0.25) is 0 Å². The first kappa shape index (κ1) is 15.7. The molecule has 1 aliphatic heterocycles. The molecule has 2 aromatic heterocycles. The second kappa shape index (κ2) is 6.50. The Morgan fingerprint density at radius 2 is 2.35 bits per heavy atom. The number of pyridine rings is 2. The van der Waals surface area contributed by atoms with Gasteiger partial charge in [0.1, 0.15) is 0 Å². The molecule has 0 radical (unpaired) electrons. The zero-order chi connectivity index (χ0) is 16.4. The fourth-order valence-electron chi connectivity index (χ4n) is 2.87. The number of carbonyl (C=O) groups excluding carboxylic acids is 1. The van der Waals surface area contributed by atoms with Crippen LogP contribution in [0.3, 0.4) is 0 Å². The van der Waals surface area contributed by atoms with E-state index in [9.17, 15) is 9.59 Å². The van der Waals surface area contributed by atoms with E-state index in [0.29, 0.717) is 28.7 Å². The molecule has 2 aromatic rings. The highest BCUT2D eigenvalue weighted by Crippen LogP contribution is 2.16. The average molecular weight is 316 g/mol. The van der Waals surface area contributed by atoms with Gasteiger partial charge in [-0.15, -0.1) is 0 Å². The van der Waals surface area contributed by atoms with Crippen molar-refractivity contribution in [3.05, 3.63) is 39.9 Å². The summed E-state index contributed by atoms with van der Waals surface area (Å²) >= 11 is 0. The van der Waals surface area contributed by atoms with Crippen LogP contribution in [-0.4, -0.2) is 34.8 Å². The summed E-state index contributed by atoms with van der Waals surface area (Å²) in [4.78, 5) is 29.0. The van der Waals surface area contributed by atoms with Crippen LogP contribution in [-0.2, 0) is 16.0 Å². The Hall–Kier alpha value is -2.21. The van der Waals surface area contributed by atoms with Crippen LogP contribution in [0.4, 0.5) is 0 Å². The van der Waals surface area contributed by atoms with Crippen LogP contribution < -0.4 is 5.56 Å². The van der Waals surface area contributed by atoms with Gasteiger partial charge in [0.15, 0.2) is 0 Å². The summed E-state index contributed by atoms with van der Waals surface area (Å²) in [5.41, 5.74) is 1.33. The van der Waals surface area contributed by atoms with Gasteiger partial charge >= 0.3 is 5.97 Å². The minimum absolute atomic E-state index is 0.0769. The minimum Gasteiger partial charge on any atom is -0.462 e. The Kier molecular flexibility index (Phi) is 4.43. The number of ether oxygens (including phenoxy) is 2. The molecule has 1 unspecified atom stereocenters. The van der Waals surface area contributed by atoms with Crippen LogP contribution in [0.1, 0.15) is 35.8 Å². The number of esters is 1. The molecule has 6 nitrogen and oxygen atoms in total. The van der Waals surface area contributed by atoms with Crippen molar-refractivity contribution in [2.24, 2.45) is 0 Å². The fourth-order valence-corrected chi connectivity index (χ4v) is 2.87. The molecule has 0 bridgehead atoms. The van der Waals surface area contributed by atoms with Crippen LogP contribution in [0, 0.1) is 6.92 Å². The molecule has 0 aliphatic carbocycles. The molecule has 0 N–H and O–H groups in total. The van der Waals surface area contributed by atoms with Crippen LogP contribution in [0.15, 0.2) is 23.1 Å². The molecule has 3 heterocycles. The maximum absolute atomic E-state index is 12.7. The lowest BCUT2D eigenvalue weighted by Gasteiger charge is -2.13. The highest BCUT2D eigenvalue weighted by atomic mass is 16.5. The van der Waals surface area contributed by atoms with Gasteiger partial charge in [-0.1, -0.05) is 0 Å². The monoisotopic (exact) mass is 316 g/mol. The lowest BCUT2D eigenvalue weighted by Crippen LogP contribution is -2.26. The second-order valence-electron chi connectivity index (χ2n) is 5.68. The lowest BCUT2D eigenvalue weighted by molar-refractivity contribution is 0.0525. The smallest absolute Gasteiger partial charge is 0.339 e. The molecular formula is C17H20N2O4. The van der Waals surface area contributed by atoms with Gasteiger partial charge in [-0.05, 0) is 38.8 Å². The van der Waals surface area contributed by atoms with Crippen molar-refractivity contribution >= 4 is 16.9 Å². The van der Waals surface area contributed by atoms with E-state index in [-0.39, 0.29) is 18.3 Å². The molecule has 1 aliphatic rings. The van der Waals surface area contributed by atoms with Gasteiger partial charge in [0.05, 0.1) is 41.4 Å². The predicted molar refractivity (Wildman–Crippen MR) is 85.7 cm³/mol. The van der Waals surface area contributed by atoms with E-state index in [1.54, 1.807) is 36.7 Å². The Bertz CT molecular complexity index is 791. The third-order valence-corrected chi connectivity index (χ3v) is 4.07. The number of hydrogen-bond acceptors (Lipinski definition) is 5. The molecule has 122 valence electrons. The molecule has 6 heteroatoms. The van der Waals surface area contributed by atoms with Crippen molar-refractivity contribution in [3.63, 3.8) is 0 Å². The van der Waals surface area contributed by atoms with Crippen LogP contribution in [0.25, 0.3) is 10.9 Å².